The van der Waals surface area contributed by atoms with E-state index in [0.29, 0.717) is 0 Å². The van der Waals surface area contributed by atoms with Crippen molar-refractivity contribution in [1.82, 2.24) is 5.01 Å². The van der Waals surface area contributed by atoms with Gasteiger partial charge in [-0.2, -0.15) is 6.20 Å². The Kier molecular flexibility index (Phi) is 44.1. The monoisotopic (exact) mass is 327 g/mol. The van der Waals surface area contributed by atoms with Crippen molar-refractivity contribution in [1.29, 1.82) is 0 Å². The molecule has 0 saturated carbocycles. The fourth-order valence-electron chi connectivity index (χ4n) is 0.200. The molecule has 0 aliphatic carbocycles. The van der Waals surface area contributed by atoms with E-state index in [9.17, 15) is 0 Å². The Morgan fingerprint density at radius 1 is 0.800 bits per heavy atom. The molecule has 0 saturated heterocycles. The van der Waals surface area contributed by atoms with Gasteiger partial charge in [-0.05, 0) is 62.6 Å². The molecule has 0 heterocycles. The molecule has 6 heteroatoms. The fourth-order valence-corrected chi connectivity index (χ4v) is 0.200. The van der Waals surface area contributed by atoms with Crippen LogP contribution in [0, 0.1) is 0 Å². The summed E-state index contributed by atoms with van der Waals surface area (Å²) in [7, 11) is 3.78. The van der Waals surface area contributed by atoms with Crippen LogP contribution in [0.4, 0.5) is 0 Å². The Labute approximate surface area is 140 Å². The Bertz CT molecular complexity index is 142. The Hall–Kier alpha value is 0.0943. The molecule has 0 atom stereocenters. The second kappa shape index (κ2) is 27.4. The minimum absolute atomic E-state index is 0. The van der Waals surface area contributed by atoms with Gasteiger partial charge in [0.15, 0.2) is 0 Å². The summed E-state index contributed by atoms with van der Waals surface area (Å²) in [5, 5.41) is 25.9. The van der Waals surface area contributed by atoms with Crippen LogP contribution in [0.3, 0.4) is 0 Å². The van der Waals surface area contributed by atoms with E-state index in [2.05, 4.69) is 5.43 Å². The number of nitrogens with zero attached hydrogens (tertiary/aromatic N) is 2. The summed E-state index contributed by atoms with van der Waals surface area (Å²) in [4.78, 5) is 0. The molecule has 0 aromatic heterocycles. The van der Waals surface area contributed by atoms with Crippen molar-refractivity contribution in [3.63, 3.8) is 0 Å². The molecule has 0 unspecified atom stereocenters. The van der Waals surface area contributed by atoms with Crippen molar-refractivity contribution >= 4 is 0 Å². The predicted molar refractivity (Wildman–Crippen MR) is 83.9 cm³/mol. The van der Waals surface area contributed by atoms with Gasteiger partial charge in [0.1, 0.15) is 0 Å². The second-order valence-corrected chi connectivity index (χ2v) is 4.73. The normalized spacial score (nSPS) is 9.20. The standard InChI is InChI=1S/C5H11N2.3C3H8O.Ti/c1-4-5-6-7(2)3;3*1-3(2)4;/h4-5H,1-3H3;3*3-4H,1-2H3;/q-1;;;;/b5-4+;;;;. The molecule has 0 rings (SSSR count). The van der Waals surface area contributed by atoms with Crippen molar-refractivity contribution in [3.05, 3.63) is 17.7 Å². The first-order chi connectivity index (χ1) is 8.47. The van der Waals surface area contributed by atoms with Gasteiger partial charge < -0.3 is 25.8 Å². The molecule has 124 valence electrons. The van der Waals surface area contributed by atoms with Crippen molar-refractivity contribution in [3.8, 4) is 0 Å². The SMILES string of the molecule is C/C=C/[N-]N(C)C.CC(C)O.CC(C)O.CC(C)O.[Ti]. The summed E-state index contributed by atoms with van der Waals surface area (Å²) in [5.74, 6) is 0. The van der Waals surface area contributed by atoms with E-state index in [1.165, 1.54) is 0 Å². The summed E-state index contributed by atoms with van der Waals surface area (Å²) in [6.07, 6.45) is 3.14. The number of hydrogen-bond acceptors (Lipinski definition) is 4. The van der Waals surface area contributed by atoms with Gasteiger partial charge in [0.25, 0.3) is 0 Å². The minimum atomic E-state index is -0.167. The molecule has 0 aliphatic rings. The summed E-state index contributed by atoms with van der Waals surface area (Å²) in [6, 6.07) is 0. The summed E-state index contributed by atoms with van der Waals surface area (Å²) >= 11 is 0. The molecular formula is C14H35N2O3Ti-. The number of hydrogen-bond donors (Lipinski definition) is 3. The molecule has 0 amide bonds. The number of aliphatic hydroxyl groups is 3. The van der Waals surface area contributed by atoms with Gasteiger partial charge in [0.05, 0.1) is 0 Å². The number of rotatable bonds is 2. The average molecular weight is 327 g/mol. The van der Waals surface area contributed by atoms with Gasteiger partial charge in [0.2, 0.25) is 0 Å². The average Bonchev–Trinajstić information content (AvgIpc) is 2.11. The first kappa shape index (κ1) is 32.2. The van der Waals surface area contributed by atoms with Gasteiger partial charge in [-0.15, -0.1) is 6.08 Å². The van der Waals surface area contributed by atoms with Crippen LogP contribution in [-0.4, -0.2) is 52.7 Å². The van der Waals surface area contributed by atoms with Crippen molar-refractivity contribution in [2.75, 3.05) is 14.1 Å². The van der Waals surface area contributed by atoms with Crippen LogP contribution in [0.15, 0.2) is 12.3 Å². The maximum atomic E-state index is 8.06. The van der Waals surface area contributed by atoms with Crippen molar-refractivity contribution in [2.24, 2.45) is 0 Å². The topological polar surface area (TPSA) is 78.0 Å². The zero-order valence-electron chi connectivity index (χ0n) is 14.6. The maximum absolute atomic E-state index is 8.06. The van der Waals surface area contributed by atoms with Crippen LogP contribution in [-0.2, 0) is 21.7 Å². The maximum Gasteiger partial charge on any atom is 0.0483 e. The second-order valence-electron chi connectivity index (χ2n) is 4.73. The van der Waals surface area contributed by atoms with Crippen LogP contribution in [0.1, 0.15) is 48.5 Å². The van der Waals surface area contributed by atoms with E-state index >= 15 is 0 Å². The van der Waals surface area contributed by atoms with E-state index in [1.807, 2.05) is 27.1 Å². The zero-order chi connectivity index (χ0) is 16.4. The Balaban J connectivity index is -0.0000000512. The molecule has 0 aromatic carbocycles. The van der Waals surface area contributed by atoms with Gasteiger partial charge >= 0.3 is 0 Å². The molecule has 0 fully saturated rings. The Morgan fingerprint density at radius 2 is 1.00 bits per heavy atom. The molecule has 20 heavy (non-hydrogen) atoms. The number of allylic oxidation sites excluding steroid dienone is 1. The fraction of sp³-hybridized carbons (Fsp3) is 0.857. The van der Waals surface area contributed by atoms with Crippen LogP contribution in [0.2, 0.25) is 0 Å². The third-order valence-electron chi connectivity index (χ3n) is 0.447. The van der Waals surface area contributed by atoms with Gasteiger partial charge in [-0.3, -0.25) is 0 Å². The zero-order valence-corrected chi connectivity index (χ0v) is 16.2. The van der Waals surface area contributed by atoms with E-state index in [-0.39, 0.29) is 40.0 Å². The summed E-state index contributed by atoms with van der Waals surface area (Å²) in [5.41, 5.74) is 3.90. The molecule has 0 spiro atoms. The molecule has 0 bridgehead atoms. The van der Waals surface area contributed by atoms with E-state index in [1.54, 1.807) is 52.8 Å². The van der Waals surface area contributed by atoms with Crippen LogP contribution in [0.25, 0.3) is 5.43 Å². The summed E-state index contributed by atoms with van der Waals surface area (Å²) < 4.78 is 0. The molecule has 5 nitrogen and oxygen atoms in total. The Morgan fingerprint density at radius 3 is 1.05 bits per heavy atom. The minimum Gasteiger partial charge on any atom is -0.627 e. The van der Waals surface area contributed by atoms with Crippen molar-refractivity contribution in [2.45, 2.75) is 66.8 Å². The first-order valence-corrected chi connectivity index (χ1v) is 6.50. The quantitative estimate of drug-likeness (QED) is 0.538. The third kappa shape index (κ3) is 315. The van der Waals surface area contributed by atoms with Crippen molar-refractivity contribution < 1.29 is 37.0 Å². The molecule has 0 aromatic rings. The van der Waals surface area contributed by atoms with Gasteiger partial charge in [-0.25, -0.2) is 0 Å². The molecular weight excluding hydrogens is 292 g/mol. The van der Waals surface area contributed by atoms with Crippen LogP contribution < -0.4 is 0 Å². The molecule has 3 N–H and O–H groups in total. The van der Waals surface area contributed by atoms with Crippen LogP contribution in [0.5, 0.6) is 0 Å². The van der Waals surface area contributed by atoms with E-state index in [0.717, 1.165) is 0 Å². The van der Waals surface area contributed by atoms with Gasteiger partial charge in [0, 0.05) is 40.0 Å². The van der Waals surface area contributed by atoms with Gasteiger partial charge in [-0.1, -0.05) is 0 Å². The largest absolute Gasteiger partial charge is 0.627 e. The first-order valence-electron chi connectivity index (χ1n) is 6.50. The molecule has 0 radical (unpaired) electrons. The molecule has 0 aliphatic heterocycles. The summed E-state index contributed by atoms with van der Waals surface area (Å²) in [6.45, 7) is 12.3. The van der Waals surface area contributed by atoms with E-state index in [4.69, 9.17) is 15.3 Å². The van der Waals surface area contributed by atoms with Crippen LogP contribution >= 0.6 is 0 Å². The number of aliphatic hydroxyl groups excluding tert-OH is 3. The third-order valence-corrected chi connectivity index (χ3v) is 0.447. The van der Waals surface area contributed by atoms with E-state index < -0.39 is 0 Å². The predicted octanol–water partition coefficient (Wildman–Crippen LogP) is 2.53. The smallest absolute Gasteiger partial charge is 0.0483 e.